The number of nitrogens with zero attached hydrogens (tertiary/aromatic N) is 2. The Bertz CT molecular complexity index is 596. The smallest absolute Gasteiger partial charge is 0.256 e. The summed E-state index contributed by atoms with van der Waals surface area (Å²) in [5.41, 5.74) is -0.159. The number of amides is 1. The molecule has 0 radical (unpaired) electrons. The molecule has 2 saturated heterocycles. The van der Waals surface area contributed by atoms with E-state index in [1.807, 2.05) is 0 Å². The molecular weight excluding hydrogens is 323 g/mol. The van der Waals surface area contributed by atoms with Crippen LogP contribution in [0.1, 0.15) is 37.4 Å². The van der Waals surface area contributed by atoms with E-state index in [0.29, 0.717) is 25.9 Å². The molecule has 0 unspecified atom stereocenters. The Hall–Kier alpha value is -1.50. The maximum absolute atomic E-state index is 13.8. The van der Waals surface area contributed by atoms with Gasteiger partial charge in [0.2, 0.25) is 0 Å². The van der Waals surface area contributed by atoms with Crippen molar-refractivity contribution in [1.29, 1.82) is 0 Å². The van der Waals surface area contributed by atoms with E-state index in [0.717, 1.165) is 19.6 Å². The van der Waals surface area contributed by atoms with Gasteiger partial charge in [-0.1, -0.05) is 18.2 Å². The number of halogens is 1. The fourth-order valence-electron chi connectivity index (χ4n) is 3.99. The summed E-state index contributed by atoms with van der Waals surface area (Å²) in [6.07, 6.45) is 2.36. The van der Waals surface area contributed by atoms with Gasteiger partial charge < -0.3 is 20.0 Å². The Kier molecular flexibility index (Phi) is 5.71. The third-order valence-electron chi connectivity index (χ3n) is 5.66. The molecule has 2 N–H and O–H groups in total. The van der Waals surface area contributed by atoms with Crippen molar-refractivity contribution in [2.75, 3.05) is 39.3 Å². The Morgan fingerprint density at radius 3 is 2.40 bits per heavy atom. The number of aliphatic hydroxyl groups excluding tert-OH is 2. The maximum atomic E-state index is 13.8. The van der Waals surface area contributed by atoms with Gasteiger partial charge in [-0.3, -0.25) is 4.79 Å². The zero-order valence-electron chi connectivity index (χ0n) is 14.5. The monoisotopic (exact) mass is 350 g/mol. The van der Waals surface area contributed by atoms with Crippen LogP contribution in [-0.4, -0.2) is 65.3 Å². The predicted molar refractivity (Wildman–Crippen MR) is 92.4 cm³/mol. The number of aliphatic hydroxyl groups is 2. The lowest BCUT2D eigenvalue weighted by atomic mass is 9.78. The summed E-state index contributed by atoms with van der Waals surface area (Å²) in [4.78, 5) is 16.5. The molecule has 1 aromatic rings. The highest BCUT2D eigenvalue weighted by atomic mass is 19.1. The van der Waals surface area contributed by atoms with Crippen LogP contribution in [0.15, 0.2) is 24.3 Å². The number of benzene rings is 1. The van der Waals surface area contributed by atoms with Crippen molar-refractivity contribution in [2.24, 2.45) is 5.41 Å². The van der Waals surface area contributed by atoms with Crippen molar-refractivity contribution in [2.45, 2.75) is 31.8 Å². The number of carbonyl (C=O) groups is 1. The molecule has 5 nitrogen and oxygen atoms in total. The highest BCUT2D eigenvalue weighted by molar-refractivity contribution is 5.82. The molecule has 1 aromatic carbocycles. The number of hydrogen-bond acceptors (Lipinski definition) is 4. The summed E-state index contributed by atoms with van der Waals surface area (Å²) in [6, 6.07) is 5.82. The van der Waals surface area contributed by atoms with Crippen LogP contribution < -0.4 is 0 Å². The van der Waals surface area contributed by atoms with Gasteiger partial charge in [-0.25, -0.2) is 4.39 Å². The van der Waals surface area contributed by atoms with E-state index < -0.39 is 17.8 Å². The minimum Gasteiger partial charge on any atom is -0.396 e. The summed E-state index contributed by atoms with van der Waals surface area (Å²) in [5, 5.41) is 20.2. The third kappa shape index (κ3) is 4.02. The molecule has 3 rings (SSSR count). The van der Waals surface area contributed by atoms with Crippen LogP contribution in [0.5, 0.6) is 0 Å². The second-order valence-corrected chi connectivity index (χ2v) is 7.39. The largest absolute Gasteiger partial charge is 0.396 e. The van der Waals surface area contributed by atoms with Crippen LogP contribution in [0.3, 0.4) is 0 Å². The molecule has 138 valence electrons. The average Bonchev–Trinajstić information content (AvgIpc) is 3.14. The maximum Gasteiger partial charge on any atom is 0.256 e. The van der Waals surface area contributed by atoms with Crippen molar-refractivity contribution >= 4 is 5.91 Å². The number of rotatable bonds is 5. The number of likely N-dealkylation sites (tertiary alicyclic amines) is 2. The van der Waals surface area contributed by atoms with Gasteiger partial charge in [-0.05, 0) is 44.8 Å². The molecule has 0 aliphatic carbocycles. The van der Waals surface area contributed by atoms with Gasteiger partial charge in [0.15, 0.2) is 6.10 Å². The van der Waals surface area contributed by atoms with E-state index in [9.17, 15) is 19.4 Å². The van der Waals surface area contributed by atoms with Gasteiger partial charge in [0.25, 0.3) is 5.91 Å². The van der Waals surface area contributed by atoms with Gasteiger partial charge in [-0.2, -0.15) is 0 Å². The van der Waals surface area contributed by atoms with Crippen molar-refractivity contribution in [3.8, 4) is 0 Å². The Morgan fingerprint density at radius 2 is 1.80 bits per heavy atom. The predicted octanol–water partition coefficient (Wildman–Crippen LogP) is 1.56. The molecule has 2 fully saturated rings. The summed E-state index contributed by atoms with van der Waals surface area (Å²) in [6.45, 7) is 4.10. The number of hydrogen-bond donors (Lipinski definition) is 2. The minimum atomic E-state index is -1.47. The zero-order valence-corrected chi connectivity index (χ0v) is 14.5. The van der Waals surface area contributed by atoms with E-state index in [1.165, 1.54) is 31.0 Å². The lowest BCUT2D eigenvalue weighted by molar-refractivity contribution is -0.143. The summed E-state index contributed by atoms with van der Waals surface area (Å²) in [5.74, 6) is -1.03. The Balaban J connectivity index is 1.60. The highest BCUT2D eigenvalue weighted by Gasteiger charge is 2.38. The molecule has 2 heterocycles. The first kappa shape index (κ1) is 18.3. The first-order chi connectivity index (χ1) is 12.0. The lowest BCUT2D eigenvalue weighted by Crippen LogP contribution is -2.50. The zero-order chi connectivity index (χ0) is 17.9. The van der Waals surface area contributed by atoms with E-state index >= 15 is 0 Å². The first-order valence-electron chi connectivity index (χ1n) is 9.09. The van der Waals surface area contributed by atoms with Crippen LogP contribution in [0.25, 0.3) is 0 Å². The molecule has 0 spiro atoms. The molecule has 2 aliphatic rings. The molecule has 1 amide bonds. The van der Waals surface area contributed by atoms with Gasteiger partial charge in [-0.15, -0.1) is 0 Å². The van der Waals surface area contributed by atoms with E-state index in [4.69, 9.17) is 0 Å². The summed E-state index contributed by atoms with van der Waals surface area (Å²) < 4.78 is 13.8. The molecule has 0 aromatic heterocycles. The fourth-order valence-corrected chi connectivity index (χ4v) is 3.99. The number of piperidine rings is 1. The van der Waals surface area contributed by atoms with Crippen molar-refractivity contribution in [3.63, 3.8) is 0 Å². The van der Waals surface area contributed by atoms with Crippen LogP contribution >= 0.6 is 0 Å². The molecule has 6 heteroatoms. The van der Waals surface area contributed by atoms with Gasteiger partial charge in [0.1, 0.15) is 5.82 Å². The van der Waals surface area contributed by atoms with Crippen LogP contribution in [-0.2, 0) is 4.79 Å². The quantitative estimate of drug-likeness (QED) is 0.846. The molecule has 0 saturated carbocycles. The molecule has 0 bridgehead atoms. The topological polar surface area (TPSA) is 64.0 Å². The highest BCUT2D eigenvalue weighted by Crippen LogP contribution is 2.34. The van der Waals surface area contributed by atoms with E-state index in [2.05, 4.69) is 4.90 Å². The summed E-state index contributed by atoms with van der Waals surface area (Å²) >= 11 is 0. The second-order valence-electron chi connectivity index (χ2n) is 7.39. The summed E-state index contributed by atoms with van der Waals surface area (Å²) in [7, 11) is 0. The molecule has 2 aliphatic heterocycles. The minimum absolute atomic E-state index is 0.0172. The van der Waals surface area contributed by atoms with Crippen LogP contribution in [0, 0.1) is 11.2 Å². The molecule has 25 heavy (non-hydrogen) atoms. The van der Waals surface area contributed by atoms with Gasteiger partial charge >= 0.3 is 0 Å². The van der Waals surface area contributed by atoms with Gasteiger partial charge in [0, 0.05) is 30.6 Å². The third-order valence-corrected chi connectivity index (χ3v) is 5.66. The van der Waals surface area contributed by atoms with Gasteiger partial charge in [0.05, 0.1) is 6.61 Å². The number of carbonyl (C=O) groups excluding carboxylic acids is 1. The second kappa shape index (κ2) is 7.81. The normalized spacial score (nSPS) is 22.1. The molecular formula is C19H27FN2O3. The Labute approximate surface area is 148 Å². The fraction of sp³-hybridized carbons (Fsp3) is 0.632. The SMILES string of the molecule is O=C([C@@H](O)c1ccccc1F)N1CCC(CO)(CN2CCCC2)CC1. The van der Waals surface area contributed by atoms with E-state index in [1.54, 1.807) is 11.0 Å². The standard InChI is InChI=1S/C19H27FN2O3/c20-16-6-2-1-5-15(16)17(24)18(25)22-11-7-19(14-23,8-12-22)13-21-9-3-4-10-21/h1-2,5-6,17,23-24H,3-4,7-14H2/t17-/m0/s1. The van der Waals surface area contributed by atoms with E-state index in [-0.39, 0.29) is 17.6 Å². The average molecular weight is 350 g/mol. The Morgan fingerprint density at radius 1 is 1.16 bits per heavy atom. The van der Waals surface area contributed by atoms with Crippen LogP contribution in [0.4, 0.5) is 4.39 Å². The lowest BCUT2D eigenvalue weighted by Gasteiger charge is -2.43. The van der Waals surface area contributed by atoms with Crippen molar-refractivity contribution < 1.29 is 19.4 Å². The van der Waals surface area contributed by atoms with Crippen molar-refractivity contribution in [3.05, 3.63) is 35.6 Å². The first-order valence-corrected chi connectivity index (χ1v) is 9.09. The van der Waals surface area contributed by atoms with Crippen LogP contribution in [0.2, 0.25) is 0 Å². The van der Waals surface area contributed by atoms with Crippen molar-refractivity contribution in [1.82, 2.24) is 9.80 Å². The molecule has 1 atom stereocenters.